The van der Waals surface area contributed by atoms with E-state index in [1.165, 1.54) is 12.8 Å². The molecular formula is C14H24N2O2. The van der Waals surface area contributed by atoms with Crippen LogP contribution in [0.5, 0.6) is 5.75 Å². The second-order valence-corrected chi connectivity index (χ2v) is 5.45. The minimum Gasteiger partial charge on any atom is -0.493 e. The van der Waals surface area contributed by atoms with Crippen LogP contribution in [-0.2, 0) is 0 Å². The monoisotopic (exact) mass is 252 g/mol. The quantitative estimate of drug-likeness (QED) is 0.841. The van der Waals surface area contributed by atoms with Crippen molar-refractivity contribution in [1.82, 2.24) is 9.78 Å². The molecule has 1 N–H and O–H groups in total. The van der Waals surface area contributed by atoms with Gasteiger partial charge in [0.05, 0.1) is 25.1 Å². The summed E-state index contributed by atoms with van der Waals surface area (Å²) in [6, 6.07) is 0.291. The van der Waals surface area contributed by atoms with Crippen LogP contribution in [0, 0.1) is 0 Å². The number of hydrogen-bond acceptors (Lipinski definition) is 3. The second-order valence-electron chi connectivity index (χ2n) is 5.45. The molecule has 0 spiro atoms. The fraction of sp³-hybridized carbons (Fsp3) is 0.786. The van der Waals surface area contributed by atoms with E-state index in [9.17, 15) is 5.11 Å². The Balaban J connectivity index is 2.37. The molecule has 102 valence electrons. The number of rotatable bonds is 3. The molecule has 1 aliphatic carbocycles. The van der Waals surface area contributed by atoms with Crippen LogP contribution in [0.15, 0.2) is 6.20 Å². The van der Waals surface area contributed by atoms with Crippen LogP contribution in [0.1, 0.15) is 63.6 Å². The van der Waals surface area contributed by atoms with Gasteiger partial charge >= 0.3 is 0 Å². The maximum atomic E-state index is 10.4. The van der Waals surface area contributed by atoms with Crippen molar-refractivity contribution in [3.63, 3.8) is 0 Å². The average Bonchev–Trinajstić information content (AvgIpc) is 2.66. The van der Waals surface area contributed by atoms with E-state index >= 15 is 0 Å². The molecule has 2 atom stereocenters. The highest BCUT2D eigenvalue weighted by molar-refractivity contribution is 5.30. The third-order valence-corrected chi connectivity index (χ3v) is 3.84. The average molecular weight is 252 g/mol. The minimum absolute atomic E-state index is 0.160. The van der Waals surface area contributed by atoms with Gasteiger partial charge in [-0.3, -0.25) is 4.68 Å². The summed E-state index contributed by atoms with van der Waals surface area (Å²) in [6.07, 6.45) is 6.92. The Kier molecular flexibility index (Phi) is 4.27. The highest BCUT2D eigenvalue weighted by atomic mass is 16.5. The van der Waals surface area contributed by atoms with Gasteiger partial charge in [0.2, 0.25) is 0 Å². The molecule has 4 heteroatoms. The maximum absolute atomic E-state index is 10.4. The van der Waals surface area contributed by atoms with Crippen molar-refractivity contribution in [2.45, 2.75) is 64.0 Å². The molecule has 0 bridgehead atoms. The van der Waals surface area contributed by atoms with Crippen LogP contribution in [0.25, 0.3) is 0 Å². The summed E-state index contributed by atoms with van der Waals surface area (Å²) in [7, 11) is 1.67. The van der Waals surface area contributed by atoms with Gasteiger partial charge in [-0.15, -0.1) is 0 Å². The third kappa shape index (κ3) is 2.53. The van der Waals surface area contributed by atoms with E-state index in [4.69, 9.17) is 4.74 Å². The molecular weight excluding hydrogens is 228 g/mol. The Morgan fingerprint density at radius 3 is 2.72 bits per heavy atom. The van der Waals surface area contributed by atoms with E-state index in [0.717, 1.165) is 30.7 Å². The predicted octanol–water partition coefficient (Wildman–Crippen LogP) is 2.88. The lowest BCUT2D eigenvalue weighted by atomic mass is 9.93. The molecule has 1 fully saturated rings. The highest BCUT2D eigenvalue weighted by Gasteiger charge is 2.30. The van der Waals surface area contributed by atoms with Crippen molar-refractivity contribution >= 4 is 0 Å². The van der Waals surface area contributed by atoms with Crippen LogP contribution < -0.4 is 4.74 Å². The first-order valence-corrected chi connectivity index (χ1v) is 6.94. The zero-order valence-corrected chi connectivity index (χ0v) is 11.6. The van der Waals surface area contributed by atoms with Gasteiger partial charge in [0.1, 0.15) is 0 Å². The van der Waals surface area contributed by atoms with Crippen molar-refractivity contribution in [3.05, 3.63) is 11.9 Å². The summed E-state index contributed by atoms with van der Waals surface area (Å²) in [5.74, 6) is 0.974. The number of nitrogens with zero attached hydrogens (tertiary/aromatic N) is 2. The zero-order valence-electron chi connectivity index (χ0n) is 11.6. The van der Waals surface area contributed by atoms with E-state index in [2.05, 4.69) is 18.9 Å². The molecule has 1 heterocycles. The van der Waals surface area contributed by atoms with Crippen LogP contribution in [0.3, 0.4) is 0 Å². The van der Waals surface area contributed by atoms with Crippen molar-refractivity contribution in [1.29, 1.82) is 0 Å². The van der Waals surface area contributed by atoms with Crippen molar-refractivity contribution in [2.75, 3.05) is 7.11 Å². The molecule has 2 unspecified atom stereocenters. The van der Waals surface area contributed by atoms with Crippen molar-refractivity contribution in [2.24, 2.45) is 0 Å². The summed E-state index contributed by atoms with van der Waals surface area (Å²) >= 11 is 0. The first-order valence-electron chi connectivity index (χ1n) is 6.94. The SMILES string of the molecule is COc1cnn(C(C)C)c1C1CCCCCC1O. The van der Waals surface area contributed by atoms with E-state index < -0.39 is 0 Å². The lowest BCUT2D eigenvalue weighted by Crippen LogP contribution is -2.22. The number of methoxy groups -OCH3 is 1. The van der Waals surface area contributed by atoms with E-state index in [1.54, 1.807) is 13.3 Å². The maximum Gasteiger partial charge on any atom is 0.160 e. The molecule has 0 aliphatic heterocycles. The largest absolute Gasteiger partial charge is 0.493 e. The zero-order chi connectivity index (χ0) is 13.1. The molecule has 2 rings (SSSR count). The predicted molar refractivity (Wildman–Crippen MR) is 71.0 cm³/mol. The Morgan fingerprint density at radius 2 is 2.06 bits per heavy atom. The number of aromatic nitrogens is 2. The Labute approximate surface area is 109 Å². The van der Waals surface area contributed by atoms with Gasteiger partial charge in [0.25, 0.3) is 0 Å². The van der Waals surface area contributed by atoms with Gasteiger partial charge < -0.3 is 9.84 Å². The molecule has 1 aromatic rings. The lowest BCUT2D eigenvalue weighted by molar-refractivity contribution is 0.129. The molecule has 1 aromatic heterocycles. The summed E-state index contributed by atoms with van der Waals surface area (Å²) < 4.78 is 7.42. The Hall–Kier alpha value is -1.03. The summed E-state index contributed by atoms with van der Waals surface area (Å²) in [6.45, 7) is 4.22. The fourth-order valence-corrected chi connectivity index (χ4v) is 2.88. The van der Waals surface area contributed by atoms with Crippen molar-refractivity contribution in [3.8, 4) is 5.75 Å². The van der Waals surface area contributed by atoms with Crippen LogP contribution in [0.4, 0.5) is 0 Å². The van der Waals surface area contributed by atoms with Gasteiger partial charge in [0.15, 0.2) is 5.75 Å². The molecule has 0 amide bonds. The third-order valence-electron chi connectivity index (χ3n) is 3.84. The number of aliphatic hydroxyl groups excluding tert-OH is 1. The van der Waals surface area contributed by atoms with Gasteiger partial charge in [-0.2, -0.15) is 5.10 Å². The topological polar surface area (TPSA) is 47.3 Å². The molecule has 18 heavy (non-hydrogen) atoms. The van der Waals surface area contributed by atoms with Gasteiger partial charge in [-0.1, -0.05) is 19.3 Å². The second kappa shape index (κ2) is 5.74. The van der Waals surface area contributed by atoms with Crippen molar-refractivity contribution < 1.29 is 9.84 Å². The van der Waals surface area contributed by atoms with Crippen LogP contribution in [0.2, 0.25) is 0 Å². The van der Waals surface area contributed by atoms with Crippen LogP contribution >= 0.6 is 0 Å². The van der Waals surface area contributed by atoms with E-state index in [0.29, 0.717) is 6.04 Å². The van der Waals surface area contributed by atoms with Gasteiger partial charge in [0, 0.05) is 12.0 Å². The smallest absolute Gasteiger partial charge is 0.160 e. The molecule has 0 aromatic carbocycles. The summed E-state index contributed by atoms with van der Waals surface area (Å²) in [5.41, 5.74) is 1.07. The Bertz CT molecular complexity index is 387. The molecule has 0 radical (unpaired) electrons. The van der Waals surface area contributed by atoms with Gasteiger partial charge in [-0.05, 0) is 26.7 Å². The lowest BCUT2D eigenvalue weighted by Gasteiger charge is -2.24. The fourth-order valence-electron chi connectivity index (χ4n) is 2.88. The summed E-state index contributed by atoms with van der Waals surface area (Å²) in [4.78, 5) is 0. The normalized spacial score (nSPS) is 25.2. The number of hydrogen-bond donors (Lipinski definition) is 1. The first-order chi connectivity index (χ1) is 8.65. The number of ether oxygens (including phenoxy) is 1. The minimum atomic E-state index is -0.268. The highest BCUT2D eigenvalue weighted by Crippen LogP contribution is 2.37. The molecule has 1 aliphatic rings. The molecule has 4 nitrogen and oxygen atoms in total. The van der Waals surface area contributed by atoms with E-state index in [1.807, 2.05) is 4.68 Å². The van der Waals surface area contributed by atoms with Crippen LogP contribution in [-0.4, -0.2) is 28.1 Å². The first kappa shape index (κ1) is 13.4. The Morgan fingerprint density at radius 1 is 1.33 bits per heavy atom. The molecule has 1 saturated carbocycles. The molecule has 0 saturated heterocycles. The van der Waals surface area contributed by atoms with E-state index in [-0.39, 0.29) is 12.0 Å². The number of aliphatic hydroxyl groups is 1. The van der Waals surface area contributed by atoms with Gasteiger partial charge in [-0.25, -0.2) is 0 Å². The summed E-state index contributed by atoms with van der Waals surface area (Å²) in [5, 5.41) is 14.8. The standard InChI is InChI=1S/C14H24N2O2/c1-10(2)16-14(13(18-3)9-15-16)11-7-5-4-6-8-12(11)17/h9-12,17H,4-8H2,1-3H3.